The molecule has 0 saturated heterocycles. The van der Waals surface area contributed by atoms with Crippen molar-refractivity contribution in [2.45, 2.75) is 33.6 Å². The van der Waals surface area contributed by atoms with Crippen LogP contribution in [0, 0.1) is 0 Å². The second-order valence-corrected chi connectivity index (χ2v) is 4.46. The smallest absolute Gasteiger partial charge is 0.330 e. The summed E-state index contributed by atoms with van der Waals surface area (Å²) >= 11 is 3.20. The van der Waals surface area contributed by atoms with Crippen LogP contribution in [0.1, 0.15) is 33.6 Å². The van der Waals surface area contributed by atoms with Crippen LogP contribution in [0.15, 0.2) is 23.3 Å². The minimum atomic E-state index is -0.246. The highest BCUT2D eigenvalue weighted by atomic mass is 79.9. The van der Waals surface area contributed by atoms with E-state index in [2.05, 4.69) is 35.9 Å². The Balaban J connectivity index is 3.87. The number of rotatable bonds is 6. The Morgan fingerprint density at radius 2 is 2.00 bits per heavy atom. The first-order valence-electron chi connectivity index (χ1n) is 5.09. The average molecular weight is 275 g/mol. The maximum absolute atomic E-state index is 11.2. The van der Waals surface area contributed by atoms with E-state index in [-0.39, 0.29) is 5.97 Å². The van der Waals surface area contributed by atoms with E-state index in [0.717, 1.165) is 18.4 Å². The molecule has 15 heavy (non-hydrogen) atoms. The highest BCUT2D eigenvalue weighted by Gasteiger charge is 1.98. The minimum Gasteiger partial charge on any atom is -0.462 e. The van der Waals surface area contributed by atoms with Crippen LogP contribution in [0.2, 0.25) is 0 Å². The number of esters is 1. The molecule has 0 aliphatic heterocycles. The van der Waals surface area contributed by atoms with Gasteiger partial charge in [-0.25, -0.2) is 4.79 Å². The summed E-state index contributed by atoms with van der Waals surface area (Å²) in [6, 6.07) is 0. The van der Waals surface area contributed by atoms with Gasteiger partial charge in [-0.05, 0) is 33.6 Å². The standard InChI is InChI=1S/C12H19BrO2/c1-10(2)5-4-6-11(3)9-12(14)15-8-7-13/h5,9H,4,6-8H2,1-3H3. The largest absolute Gasteiger partial charge is 0.462 e. The molecule has 2 nitrogen and oxygen atoms in total. The predicted molar refractivity (Wildman–Crippen MR) is 67.2 cm³/mol. The third kappa shape index (κ3) is 9.73. The first-order chi connectivity index (χ1) is 7.06. The third-order valence-corrected chi connectivity index (χ3v) is 2.10. The van der Waals surface area contributed by atoms with Crippen molar-refractivity contribution < 1.29 is 9.53 Å². The van der Waals surface area contributed by atoms with Crippen LogP contribution >= 0.6 is 15.9 Å². The van der Waals surface area contributed by atoms with Gasteiger partial charge in [0.15, 0.2) is 0 Å². The number of carbonyl (C=O) groups excluding carboxylic acids is 1. The van der Waals surface area contributed by atoms with Crippen LogP contribution in [0.5, 0.6) is 0 Å². The van der Waals surface area contributed by atoms with Crippen molar-refractivity contribution in [3.05, 3.63) is 23.3 Å². The second kappa shape index (κ2) is 8.72. The van der Waals surface area contributed by atoms with Crippen molar-refractivity contribution in [2.75, 3.05) is 11.9 Å². The summed E-state index contributed by atoms with van der Waals surface area (Å²) in [5.74, 6) is -0.246. The van der Waals surface area contributed by atoms with Crippen molar-refractivity contribution in [2.24, 2.45) is 0 Å². The fourth-order valence-electron chi connectivity index (χ4n) is 1.04. The molecule has 0 unspecified atom stereocenters. The number of hydrogen-bond acceptors (Lipinski definition) is 2. The van der Waals surface area contributed by atoms with Crippen LogP contribution < -0.4 is 0 Å². The quantitative estimate of drug-likeness (QED) is 0.320. The molecule has 0 saturated carbocycles. The van der Waals surface area contributed by atoms with Crippen molar-refractivity contribution in [3.63, 3.8) is 0 Å². The Morgan fingerprint density at radius 1 is 1.33 bits per heavy atom. The van der Waals surface area contributed by atoms with Crippen LogP contribution in [0.25, 0.3) is 0 Å². The molecule has 0 aliphatic carbocycles. The fourth-order valence-corrected chi connectivity index (χ4v) is 1.20. The lowest BCUT2D eigenvalue weighted by Crippen LogP contribution is -2.03. The number of allylic oxidation sites excluding steroid dienone is 3. The molecule has 0 N–H and O–H groups in total. The molecule has 0 aliphatic rings. The van der Waals surface area contributed by atoms with E-state index in [4.69, 9.17) is 4.74 Å². The lowest BCUT2D eigenvalue weighted by atomic mass is 10.1. The van der Waals surface area contributed by atoms with E-state index < -0.39 is 0 Å². The van der Waals surface area contributed by atoms with Gasteiger partial charge in [0, 0.05) is 11.4 Å². The van der Waals surface area contributed by atoms with E-state index in [1.165, 1.54) is 5.57 Å². The number of alkyl halides is 1. The van der Waals surface area contributed by atoms with Gasteiger partial charge < -0.3 is 4.74 Å². The van der Waals surface area contributed by atoms with Gasteiger partial charge in [0.05, 0.1) is 0 Å². The monoisotopic (exact) mass is 274 g/mol. The van der Waals surface area contributed by atoms with E-state index >= 15 is 0 Å². The molecular formula is C12H19BrO2. The molecule has 0 rings (SSSR count). The molecule has 86 valence electrons. The van der Waals surface area contributed by atoms with Gasteiger partial charge in [0.2, 0.25) is 0 Å². The summed E-state index contributed by atoms with van der Waals surface area (Å²) in [5.41, 5.74) is 2.37. The first-order valence-corrected chi connectivity index (χ1v) is 6.21. The molecule has 0 radical (unpaired) electrons. The Labute approximate surface area is 101 Å². The SMILES string of the molecule is CC(C)=CCCC(C)=CC(=O)OCCBr. The lowest BCUT2D eigenvalue weighted by molar-refractivity contribution is -0.137. The topological polar surface area (TPSA) is 26.3 Å². The molecule has 0 amide bonds. The van der Waals surface area contributed by atoms with Gasteiger partial charge in [-0.1, -0.05) is 33.2 Å². The number of carbonyl (C=O) groups is 1. The summed E-state index contributed by atoms with van der Waals surface area (Å²) < 4.78 is 4.91. The van der Waals surface area contributed by atoms with Gasteiger partial charge in [-0.15, -0.1) is 0 Å². The van der Waals surface area contributed by atoms with Gasteiger partial charge in [-0.2, -0.15) is 0 Å². The summed E-state index contributed by atoms with van der Waals surface area (Å²) in [6.07, 6.45) is 5.63. The highest BCUT2D eigenvalue weighted by Crippen LogP contribution is 2.06. The van der Waals surface area contributed by atoms with E-state index in [1.54, 1.807) is 6.08 Å². The maximum Gasteiger partial charge on any atom is 0.330 e. The molecule has 3 heteroatoms. The summed E-state index contributed by atoms with van der Waals surface area (Å²) in [4.78, 5) is 11.2. The molecule has 0 atom stereocenters. The van der Waals surface area contributed by atoms with Gasteiger partial charge in [-0.3, -0.25) is 0 Å². The normalized spacial score (nSPS) is 11.1. The Bertz CT molecular complexity index is 250. The van der Waals surface area contributed by atoms with Gasteiger partial charge in [0.1, 0.15) is 6.61 Å². The molecule has 0 aromatic heterocycles. The van der Waals surface area contributed by atoms with Crippen LogP contribution in [-0.4, -0.2) is 17.9 Å². The summed E-state index contributed by atoms with van der Waals surface area (Å²) in [7, 11) is 0. The van der Waals surface area contributed by atoms with E-state index in [1.807, 2.05) is 6.92 Å². The zero-order chi connectivity index (χ0) is 11.7. The van der Waals surface area contributed by atoms with Gasteiger partial charge in [0.25, 0.3) is 0 Å². The summed E-state index contributed by atoms with van der Waals surface area (Å²) in [6.45, 7) is 6.53. The molecular weight excluding hydrogens is 256 g/mol. The van der Waals surface area contributed by atoms with Crippen LogP contribution in [0.3, 0.4) is 0 Å². The zero-order valence-electron chi connectivity index (χ0n) is 9.68. The zero-order valence-corrected chi connectivity index (χ0v) is 11.3. The number of halogens is 1. The van der Waals surface area contributed by atoms with Crippen molar-refractivity contribution in [1.82, 2.24) is 0 Å². The van der Waals surface area contributed by atoms with Crippen LogP contribution in [0.4, 0.5) is 0 Å². The van der Waals surface area contributed by atoms with Crippen LogP contribution in [-0.2, 0) is 9.53 Å². The molecule has 0 aromatic rings. The van der Waals surface area contributed by atoms with Crippen molar-refractivity contribution >= 4 is 21.9 Å². The molecule has 0 fully saturated rings. The maximum atomic E-state index is 11.2. The molecule has 0 aromatic carbocycles. The molecule has 0 spiro atoms. The Morgan fingerprint density at radius 3 is 2.53 bits per heavy atom. The number of ether oxygens (including phenoxy) is 1. The minimum absolute atomic E-state index is 0.246. The first kappa shape index (κ1) is 14.4. The molecule has 0 heterocycles. The summed E-state index contributed by atoms with van der Waals surface area (Å²) in [5, 5.41) is 0.684. The Hall–Kier alpha value is -0.570. The third-order valence-electron chi connectivity index (χ3n) is 1.78. The molecule has 0 bridgehead atoms. The fraction of sp³-hybridized carbons (Fsp3) is 0.583. The van der Waals surface area contributed by atoms with Gasteiger partial charge >= 0.3 is 5.97 Å². The van der Waals surface area contributed by atoms with E-state index in [0.29, 0.717) is 11.9 Å². The van der Waals surface area contributed by atoms with Crippen molar-refractivity contribution in [1.29, 1.82) is 0 Å². The highest BCUT2D eigenvalue weighted by molar-refractivity contribution is 9.09. The number of hydrogen-bond donors (Lipinski definition) is 0. The second-order valence-electron chi connectivity index (χ2n) is 3.67. The Kier molecular flexibility index (Phi) is 8.38. The van der Waals surface area contributed by atoms with E-state index in [9.17, 15) is 4.79 Å². The van der Waals surface area contributed by atoms with Crippen molar-refractivity contribution in [3.8, 4) is 0 Å². The lowest BCUT2D eigenvalue weighted by Gasteiger charge is -2.00. The average Bonchev–Trinajstić information content (AvgIpc) is 2.14. The predicted octanol–water partition coefficient (Wildman–Crippen LogP) is 3.62.